The van der Waals surface area contributed by atoms with E-state index in [4.69, 9.17) is 5.11 Å². The minimum absolute atomic E-state index is 0.112. The summed E-state index contributed by atoms with van der Waals surface area (Å²) in [6.45, 7) is 2.08. The van der Waals surface area contributed by atoms with Crippen LogP contribution in [0.5, 0.6) is 0 Å². The summed E-state index contributed by atoms with van der Waals surface area (Å²) in [7, 11) is 0. The lowest BCUT2D eigenvalue weighted by atomic mass is 10.1. The van der Waals surface area contributed by atoms with Crippen LogP contribution >= 0.6 is 0 Å². The first kappa shape index (κ1) is 16.4. The first-order valence-corrected chi connectivity index (χ1v) is 6.79. The van der Waals surface area contributed by atoms with Crippen LogP contribution in [-0.4, -0.2) is 29.0 Å². The van der Waals surface area contributed by atoms with Gasteiger partial charge in [0.25, 0.3) is 0 Å². The number of hydrogen-bond donors (Lipinski definition) is 3. The third-order valence-corrected chi connectivity index (χ3v) is 2.74. The van der Waals surface area contributed by atoms with Gasteiger partial charge in [0.05, 0.1) is 0 Å². The van der Waals surface area contributed by atoms with Gasteiger partial charge in [-0.2, -0.15) is 0 Å². The molecule has 102 valence electrons. The standard InChI is InChI=1S/C13H27NO3/c1-2-3-4-5-6-7-8-9-12(16)14-13(17)10-11-15/h13,15,17H,2-11H2,1H3,(H,14,16). The summed E-state index contributed by atoms with van der Waals surface area (Å²) in [6, 6.07) is 0. The highest BCUT2D eigenvalue weighted by atomic mass is 16.3. The van der Waals surface area contributed by atoms with Crippen molar-refractivity contribution >= 4 is 5.91 Å². The molecule has 0 saturated carbocycles. The van der Waals surface area contributed by atoms with Crippen molar-refractivity contribution < 1.29 is 15.0 Å². The molecule has 4 nitrogen and oxygen atoms in total. The van der Waals surface area contributed by atoms with E-state index < -0.39 is 6.23 Å². The van der Waals surface area contributed by atoms with E-state index in [-0.39, 0.29) is 18.9 Å². The molecule has 1 amide bonds. The predicted octanol–water partition coefficient (Wildman–Crippen LogP) is 1.94. The van der Waals surface area contributed by atoms with Crippen molar-refractivity contribution in [2.75, 3.05) is 6.61 Å². The van der Waals surface area contributed by atoms with Gasteiger partial charge in [-0.15, -0.1) is 0 Å². The number of hydrogen-bond acceptors (Lipinski definition) is 3. The minimum Gasteiger partial charge on any atom is -0.396 e. The molecule has 0 bridgehead atoms. The van der Waals surface area contributed by atoms with Crippen molar-refractivity contribution in [3.63, 3.8) is 0 Å². The van der Waals surface area contributed by atoms with E-state index in [0.717, 1.165) is 12.8 Å². The number of unbranched alkanes of at least 4 members (excludes halogenated alkanes) is 6. The molecule has 0 heterocycles. The van der Waals surface area contributed by atoms with Crippen molar-refractivity contribution in [2.24, 2.45) is 0 Å². The summed E-state index contributed by atoms with van der Waals surface area (Å²) >= 11 is 0. The molecule has 0 saturated heterocycles. The van der Waals surface area contributed by atoms with Crippen LogP contribution in [-0.2, 0) is 4.79 Å². The van der Waals surface area contributed by atoms with E-state index >= 15 is 0 Å². The molecule has 0 aliphatic carbocycles. The SMILES string of the molecule is CCCCCCCCCC(=O)NC(O)CCO. The average Bonchev–Trinajstić information content (AvgIpc) is 2.28. The molecule has 0 aliphatic heterocycles. The molecule has 17 heavy (non-hydrogen) atoms. The summed E-state index contributed by atoms with van der Waals surface area (Å²) in [4.78, 5) is 11.3. The van der Waals surface area contributed by atoms with E-state index in [0.29, 0.717) is 6.42 Å². The largest absolute Gasteiger partial charge is 0.396 e. The Bertz CT molecular complexity index is 186. The topological polar surface area (TPSA) is 69.6 Å². The molecule has 1 unspecified atom stereocenters. The van der Waals surface area contributed by atoms with Gasteiger partial charge in [0.1, 0.15) is 6.23 Å². The van der Waals surface area contributed by atoms with E-state index in [1.807, 2.05) is 0 Å². The van der Waals surface area contributed by atoms with Gasteiger partial charge in [-0.3, -0.25) is 4.79 Å². The molecular formula is C13H27NO3. The van der Waals surface area contributed by atoms with Crippen LogP contribution in [0.1, 0.15) is 64.7 Å². The Labute approximate surface area is 104 Å². The normalized spacial score (nSPS) is 12.4. The summed E-state index contributed by atoms with van der Waals surface area (Å²) < 4.78 is 0. The van der Waals surface area contributed by atoms with Crippen LogP contribution < -0.4 is 5.32 Å². The number of aliphatic hydroxyl groups is 2. The fourth-order valence-electron chi connectivity index (χ4n) is 1.70. The van der Waals surface area contributed by atoms with Crippen LogP contribution in [0.2, 0.25) is 0 Å². The first-order valence-electron chi connectivity index (χ1n) is 6.79. The maximum absolute atomic E-state index is 11.3. The van der Waals surface area contributed by atoms with Gasteiger partial charge in [0.15, 0.2) is 0 Å². The molecule has 0 radical (unpaired) electrons. The van der Waals surface area contributed by atoms with Crippen LogP contribution in [0, 0.1) is 0 Å². The molecule has 3 N–H and O–H groups in total. The lowest BCUT2D eigenvalue weighted by Crippen LogP contribution is -2.35. The second-order valence-electron chi connectivity index (χ2n) is 4.47. The fourth-order valence-corrected chi connectivity index (χ4v) is 1.70. The van der Waals surface area contributed by atoms with E-state index in [1.54, 1.807) is 0 Å². The Hall–Kier alpha value is -0.610. The number of aliphatic hydroxyl groups excluding tert-OH is 2. The van der Waals surface area contributed by atoms with Gasteiger partial charge in [-0.1, -0.05) is 45.4 Å². The van der Waals surface area contributed by atoms with Crippen LogP contribution in [0.25, 0.3) is 0 Å². The molecule has 0 fully saturated rings. The molecule has 1 atom stereocenters. The lowest BCUT2D eigenvalue weighted by molar-refractivity contribution is -0.124. The molecule has 0 aliphatic rings. The van der Waals surface area contributed by atoms with Crippen molar-refractivity contribution in [2.45, 2.75) is 70.9 Å². The second kappa shape index (κ2) is 11.9. The minimum atomic E-state index is -0.906. The monoisotopic (exact) mass is 245 g/mol. The van der Waals surface area contributed by atoms with Gasteiger partial charge >= 0.3 is 0 Å². The molecule has 0 aromatic rings. The molecule has 0 rings (SSSR count). The predicted molar refractivity (Wildman–Crippen MR) is 68.5 cm³/mol. The van der Waals surface area contributed by atoms with Gasteiger partial charge in [-0.05, 0) is 6.42 Å². The molecule has 0 aromatic carbocycles. The van der Waals surface area contributed by atoms with Gasteiger partial charge < -0.3 is 15.5 Å². The molecular weight excluding hydrogens is 218 g/mol. The maximum atomic E-state index is 11.3. The second-order valence-corrected chi connectivity index (χ2v) is 4.47. The zero-order valence-electron chi connectivity index (χ0n) is 11.0. The van der Waals surface area contributed by atoms with Crippen molar-refractivity contribution in [1.29, 1.82) is 0 Å². The van der Waals surface area contributed by atoms with E-state index in [1.165, 1.54) is 32.1 Å². The third-order valence-electron chi connectivity index (χ3n) is 2.74. The highest BCUT2D eigenvalue weighted by molar-refractivity contribution is 5.75. The van der Waals surface area contributed by atoms with Crippen LogP contribution in [0.4, 0.5) is 0 Å². The van der Waals surface area contributed by atoms with Crippen LogP contribution in [0.15, 0.2) is 0 Å². The Morgan fingerprint density at radius 3 is 2.29 bits per heavy atom. The molecule has 0 aromatic heterocycles. The Balaban J connectivity index is 3.27. The summed E-state index contributed by atoms with van der Waals surface area (Å²) in [5.74, 6) is -0.125. The Kier molecular flexibility index (Phi) is 11.4. The number of carbonyl (C=O) groups excluding carboxylic acids is 1. The summed E-state index contributed by atoms with van der Waals surface area (Å²) in [6.07, 6.45) is 8.00. The number of rotatable bonds is 11. The third kappa shape index (κ3) is 11.6. The Morgan fingerprint density at radius 1 is 1.12 bits per heavy atom. The average molecular weight is 245 g/mol. The van der Waals surface area contributed by atoms with E-state index in [9.17, 15) is 9.90 Å². The number of carbonyl (C=O) groups is 1. The van der Waals surface area contributed by atoms with Crippen molar-refractivity contribution in [3.8, 4) is 0 Å². The highest BCUT2D eigenvalue weighted by Gasteiger charge is 2.07. The zero-order chi connectivity index (χ0) is 12.9. The van der Waals surface area contributed by atoms with Crippen molar-refractivity contribution in [1.82, 2.24) is 5.32 Å². The first-order chi connectivity index (χ1) is 8.20. The summed E-state index contributed by atoms with van der Waals surface area (Å²) in [5.41, 5.74) is 0. The van der Waals surface area contributed by atoms with Crippen molar-refractivity contribution in [3.05, 3.63) is 0 Å². The van der Waals surface area contributed by atoms with Gasteiger partial charge in [0, 0.05) is 19.4 Å². The molecule has 0 spiro atoms. The number of nitrogens with one attached hydrogen (secondary N) is 1. The number of amides is 1. The smallest absolute Gasteiger partial charge is 0.221 e. The van der Waals surface area contributed by atoms with Gasteiger partial charge in [0.2, 0.25) is 5.91 Å². The zero-order valence-corrected chi connectivity index (χ0v) is 11.0. The molecule has 4 heteroatoms. The summed E-state index contributed by atoms with van der Waals surface area (Å²) in [5, 5.41) is 20.2. The van der Waals surface area contributed by atoms with Gasteiger partial charge in [-0.25, -0.2) is 0 Å². The fraction of sp³-hybridized carbons (Fsp3) is 0.923. The Morgan fingerprint density at radius 2 is 1.71 bits per heavy atom. The van der Waals surface area contributed by atoms with Crippen LogP contribution in [0.3, 0.4) is 0 Å². The quantitative estimate of drug-likeness (QED) is 0.385. The lowest BCUT2D eigenvalue weighted by Gasteiger charge is -2.11. The maximum Gasteiger partial charge on any atom is 0.221 e. The highest BCUT2D eigenvalue weighted by Crippen LogP contribution is 2.08. The van der Waals surface area contributed by atoms with E-state index in [2.05, 4.69) is 12.2 Å².